The summed E-state index contributed by atoms with van der Waals surface area (Å²) in [6, 6.07) is 6.09. The second kappa shape index (κ2) is 7.85. The number of amides is 1. The molecule has 0 spiro atoms. The zero-order valence-corrected chi connectivity index (χ0v) is 16.1. The Morgan fingerprint density at radius 1 is 1.38 bits per heavy atom. The largest absolute Gasteiger partial charge is 0.494 e. The third kappa shape index (κ3) is 3.54. The van der Waals surface area contributed by atoms with E-state index in [-0.39, 0.29) is 17.8 Å². The molecule has 2 aliphatic heterocycles. The summed E-state index contributed by atoms with van der Waals surface area (Å²) in [5.41, 5.74) is 0.930. The molecule has 3 heterocycles. The van der Waals surface area contributed by atoms with Crippen molar-refractivity contribution in [3.63, 3.8) is 0 Å². The number of benzene rings is 1. The first kappa shape index (κ1) is 17.6. The van der Waals surface area contributed by atoms with Crippen LogP contribution < -0.4 is 4.90 Å². The summed E-state index contributed by atoms with van der Waals surface area (Å²) < 4.78 is 17.6. The molecule has 26 heavy (non-hydrogen) atoms. The van der Waals surface area contributed by atoms with E-state index in [4.69, 9.17) is 19.2 Å². The molecule has 1 atom stereocenters. The number of carbonyl (C=O) groups is 1. The quantitative estimate of drug-likeness (QED) is 0.727. The molecule has 0 N–H and O–H groups in total. The van der Waals surface area contributed by atoms with Gasteiger partial charge in [0.05, 0.1) is 22.9 Å². The molecule has 1 aromatic heterocycles. The minimum absolute atomic E-state index is 0.0242. The van der Waals surface area contributed by atoms with Crippen molar-refractivity contribution in [3.8, 4) is 0 Å². The highest BCUT2D eigenvalue weighted by Gasteiger charge is 2.30. The zero-order valence-electron chi connectivity index (χ0n) is 14.5. The van der Waals surface area contributed by atoms with E-state index >= 15 is 0 Å². The molecule has 2 aromatic rings. The van der Waals surface area contributed by atoms with Gasteiger partial charge in [0.2, 0.25) is 5.76 Å². The number of ether oxygens (including phenoxy) is 3. The van der Waals surface area contributed by atoms with Crippen LogP contribution in [0.1, 0.15) is 12.8 Å². The van der Waals surface area contributed by atoms with Crippen LogP contribution in [0.2, 0.25) is 0 Å². The van der Waals surface area contributed by atoms with Crippen molar-refractivity contribution in [1.82, 2.24) is 4.98 Å². The molecule has 4 rings (SSSR count). The van der Waals surface area contributed by atoms with Crippen LogP contribution in [-0.4, -0.2) is 49.6 Å². The standard InChI is InChI=1S/C18H20N2O4S2/c1-25-14-5-2-6-15-16(14)19-18(26-15)20(10-12-4-3-7-23-12)17(21)13-11-22-8-9-24-13/h2,5-6,11-12H,3-4,7-10H2,1H3/t12-/m1/s1. The topological polar surface area (TPSA) is 60.9 Å². The molecule has 2 aliphatic rings. The Balaban J connectivity index is 1.69. The lowest BCUT2D eigenvalue weighted by atomic mass is 10.2. The van der Waals surface area contributed by atoms with Gasteiger partial charge in [-0.25, -0.2) is 4.98 Å². The number of fused-ring (bicyclic) bond motifs is 1. The summed E-state index contributed by atoms with van der Waals surface area (Å²) in [5.74, 6) is -0.0106. The predicted octanol–water partition coefficient (Wildman–Crippen LogP) is 3.42. The van der Waals surface area contributed by atoms with Crippen molar-refractivity contribution >= 4 is 44.4 Å². The number of anilines is 1. The van der Waals surface area contributed by atoms with Crippen LogP contribution in [0, 0.1) is 0 Å². The molecule has 0 saturated carbocycles. The third-order valence-corrected chi connectivity index (χ3v) is 6.15. The molecule has 0 aliphatic carbocycles. The molecule has 1 amide bonds. The molecule has 6 nitrogen and oxygen atoms in total. The van der Waals surface area contributed by atoms with Crippen LogP contribution in [0.15, 0.2) is 35.1 Å². The van der Waals surface area contributed by atoms with Gasteiger partial charge in [-0.1, -0.05) is 17.4 Å². The van der Waals surface area contributed by atoms with Gasteiger partial charge in [-0.15, -0.1) is 11.8 Å². The molecule has 0 unspecified atom stereocenters. The van der Waals surface area contributed by atoms with E-state index in [1.165, 1.54) is 17.6 Å². The molecule has 1 fully saturated rings. The lowest BCUT2D eigenvalue weighted by Gasteiger charge is -2.25. The van der Waals surface area contributed by atoms with Crippen LogP contribution in [-0.2, 0) is 19.0 Å². The van der Waals surface area contributed by atoms with Crippen LogP contribution in [0.3, 0.4) is 0 Å². The number of para-hydroxylation sites is 1. The van der Waals surface area contributed by atoms with Gasteiger partial charge in [-0.05, 0) is 31.2 Å². The van der Waals surface area contributed by atoms with Gasteiger partial charge < -0.3 is 14.2 Å². The van der Waals surface area contributed by atoms with Crippen LogP contribution in [0.4, 0.5) is 5.13 Å². The van der Waals surface area contributed by atoms with Gasteiger partial charge >= 0.3 is 0 Å². The Morgan fingerprint density at radius 3 is 3.04 bits per heavy atom. The van der Waals surface area contributed by atoms with E-state index in [0.29, 0.717) is 24.9 Å². The van der Waals surface area contributed by atoms with E-state index < -0.39 is 0 Å². The fourth-order valence-electron chi connectivity index (χ4n) is 3.05. The Hall–Kier alpha value is -1.77. The third-order valence-electron chi connectivity index (χ3n) is 4.34. The number of nitrogens with zero attached hydrogens (tertiary/aromatic N) is 2. The molecule has 138 valence electrons. The van der Waals surface area contributed by atoms with Crippen LogP contribution in [0.25, 0.3) is 10.2 Å². The lowest BCUT2D eigenvalue weighted by molar-refractivity contribution is -0.120. The highest BCUT2D eigenvalue weighted by atomic mass is 32.2. The fraction of sp³-hybridized carbons (Fsp3) is 0.444. The van der Waals surface area contributed by atoms with Crippen LogP contribution >= 0.6 is 23.1 Å². The summed E-state index contributed by atoms with van der Waals surface area (Å²) in [7, 11) is 0. The Bertz CT molecular complexity index is 830. The number of carbonyl (C=O) groups excluding carboxylic acids is 1. The van der Waals surface area contributed by atoms with Gasteiger partial charge in [0.15, 0.2) is 5.13 Å². The smallest absolute Gasteiger partial charge is 0.298 e. The maximum Gasteiger partial charge on any atom is 0.298 e. The van der Waals surface area contributed by atoms with E-state index in [1.54, 1.807) is 16.7 Å². The molecule has 0 bridgehead atoms. The highest BCUT2D eigenvalue weighted by Crippen LogP contribution is 2.35. The first-order valence-corrected chi connectivity index (χ1v) is 10.6. The van der Waals surface area contributed by atoms with E-state index in [0.717, 1.165) is 34.6 Å². The minimum atomic E-state index is -0.232. The first-order valence-electron chi connectivity index (χ1n) is 8.58. The summed E-state index contributed by atoms with van der Waals surface area (Å²) >= 11 is 3.16. The molecular formula is C18H20N2O4S2. The number of rotatable bonds is 5. The predicted molar refractivity (Wildman–Crippen MR) is 103 cm³/mol. The van der Waals surface area contributed by atoms with Gasteiger partial charge in [0, 0.05) is 11.5 Å². The SMILES string of the molecule is CSc1cccc2sc(N(C[C@H]3CCCO3)C(=O)C3=COCCO3)nc12. The second-order valence-corrected chi connectivity index (χ2v) is 7.91. The van der Waals surface area contributed by atoms with Gasteiger partial charge in [0.1, 0.15) is 19.5 Å². The highest BCUT2D eigenvalue weighted by molar-refractivity contribution is 7.98. The molecule has 8 heteroatoms. The van der Waals surface area contributed by atoms with E-state index in [9.17, 15) is 4.79 Å². The summed E-state index contributed by atoms with van der Waals surface area (Å²) in [6.45, 7) is 2.04. The van der Waals surface area contributed by atoms with Crippen molar-refractivity contribution in [2.75, 3.05) is 37.5 Å². The Kier molecular flexibility index (Phi) is 5.33. The van der Waals surface area contributed by atoms with Gasteiger partial charge in [-0.2, -0.15) is 0 Å². The van der Waals surface area contributed by atoms with Crippen molar-refractivity contribution < 1.29 is 19.0 Å². The lowest BCUT2D eigenvalue weighted by Crippen LogP contribution is -2.39. The van der Waals surface area contributed by atoms with Crippen LogP contribution in [0.5, 0.6) is 0 Å². The maximum atomic E-state index is 13.1. The second-order valence-electron chi connectivity index (χ2n) is 6.06. The minimum Gasteiger partial charge on any atom is -0.494 e. The number of aromatic nitrogens is 1. The summed E-state index contributed by atoms with van der Waals surface area (Å²) in [4.78, 5) is 20.6. The van der Waals surface area contributed by atoms with E-state index in [2.05, 4.69) is 0 Å². The molecule has 1 saturated heterocycles. The van der Waals surface area contributed by atoms with Crippen molar-refractivity contribution in [1.29, 1.82) is 0 Å². The maximum absolute atomic E-state index is 13.1. The number of thioether (sulfide) groups is 1. The zero-order chi connectivity index (χ0) is 17.9. The number of thiazole rings is 1. The fourth-order valence-corrected chi connectivity index (χ4v) is 4.67. The Labute approximate surface area is 160 Å². The Morgan fingerprint density at radius 2 is 2.31 bits per heavy atom. The monoisotopic (exact) mass is 392 g/mol. The average molecular weight is 393 g/mol. The van der Waals surface area contributed by atoms with E-state index in [1.807, 2.05) is 24.5 Å². The normalized spacial score (nSPS) is 19.7. The summed E-state index contributed by atoms with van der Waals surface area (Å²) in [6.07, 6.45) is 5.42. The van der Waals surface area contributed by atoms with Crippen molar-refractivity contribution in [2.24, 2.45) is 0 Å². The number of hydrogen-bond donors (Lipinski definition) is 0. The first-order chi connectivity index (χ1) is 12.8. The molecular weight excluding hydrogens is 372 g/mol. The van der Waals surface area contributed by atoms with Crippen molar-refractivity contribution in [3.05, 3.63) is 30.2 Å². The average Bonchev–Trinajstić information content (AvgIpc) is 3.35. The number of hydrogen-bond acceptors (Lipinski definition) is 7. The van der Waals surface area contributed by atoms with Gasteiger partial charge in [0.25, 0.3) is 5.91 Å². The molecule has 0 radical (unpaired) electrons. The molecule has 1 aromatic carbocycles. The van der Waals surface area contributed by atoms with Gasteiger partial charge in [-0.3, -0.25) is 9.69 Å². The van der Waals surface area contributed by atoms with Crippen molar-refractivity contribution in [2.45, 2.75) is 23.8 Å². The summed E-state index contributed by atoms with van der Waals surface area (Å²) in [5, 5.41) is 0.664.